The van der Waals surface area contributed by atoms with Crippen LogP contribution in [0.4, 0.5) is 5.69 Å². The van der Waals surface area contributed by atoms with Crippen molar-refractivity contribution in [3.63, 3.8) is 0 Å². The van der Waals surface area contributed by atoms with Crippen LogP contribution in [0.25, 0.3) is 0 Å². The molecule has 19 heavy (non-hydrogen) atoms. The highest BCUT2D eigenvalue weighted by molar-refractivity contribution is 5.49. The van der Waals surface area contributed by atoms with Gasteiger partial charge in [-0.2, -0.15) is 0 Å². The highest BCUT2D eigenvalue weighted by atomic mass is 16.5. The van der Waals surface area contributed by atoms with Gasteiger partial charge < -0.3 is 20.1 Å². The highest BCUT2D eigenvalue weighted by Gasteiger charge is 2.06. The number of hydrogen-bond donors (Lipinski definition) is 1. The topological polar surface area (TPSA) is 47.7 Å². The van der Waals surface area contributed by atoms with Crippen LogP contribution < -0.4 is 15.4 Å². The molecular formula is C15H26N2O2. The Morgan fingerprint density at radius 3 is 2.26 bits per heavy atom. The molecule has 0 saturated heterocycles. The van der Waals surface area contributed by atoms with E-state index in [9.17, 15) is 0 Å². The van der Waals surface area contributed by atoms with Crippen molar-refractivity contribution in [1.29, 1.82) is 0 Å². The van der Waals surface area contributed by atoms with Gasteiger partial charge in [-0.05, 0) is 50.1 Å². The van der Waals surface area contributed by atoms with Crippen LogP contribution in [0.5, 0.6) is 5.75 Å². The van der Waals surface area contributed by atoms with Crippen molar-refractivity contribution in [3.05, 3.63) is 24.3 Å². The van der Waals surface area contributed by atoms with Crippen LogP contribution in [0.2, 0.25) is 0 Å². The van der Waals surface area contributed by atoms with Gasteiger partial charge in [-0.25, -0.2) is 0 Å². The minimum absolute atomic E-state index is 0.727. The van der Waals surface area contributed by atoms with Gasteiger partial charge >= 0.3 is 0 Å². The van der Waals surface area contributed by atoms with Gasteiger partial charge in [-0.15, -0.1) is 0 Å². The number of methoxy groups -OCH3 is 2. The number of benzene rings is 1. The molecule has 0 heterocycles. The van der Waals surface area contributed by atoms with E-state index in [0.29, 0.717) is 0 Å². The molecule has 0 amide bonds. The predicted molar refractivity (Wildman–Crippen MR) is 80.0 cm³/mol. The Hall–Kier alpha value is -1.26. The molecule has 1 aromatic carbocycles. The minimum atomic E-state index is 0.727. The quantitative estimate of drug-likeness (QED) is 0.660. The first-order valence-electron chi connectivity index (χ1n) is 6.89. The molecular weight excluding hydrogens is 240 g/mol. The molecule has 4 heteroatoms. The fourth-order valence-corrected chi connectivity index (χ4v) is 1.99. The number of unbranched alkanes of at least 4 members (excludes halogenated alkanes) is 1. The number of ether oxygens (including phenoxy) is 2. The standard InChI is InChI=1S/C15H26N2O2/c1-18-13-4-3-11-17(12-5-10-16)14-6-8-15(19-2)9-7-14/h6-9H,3-5,10-13,16H2,1-2H3. The van der Waals surface area contributed by atoms with Gasteiger partial charge in [0, 0.05) is 32.5 Å². The molecule has 0 atom stereocenters. The van der Waals surface area contributed by atoms with Crippen LogP contribution in [0, 0.1) is 0 Å². The first-order chi connectivity index (χ1) is 9.31. The molecule has 0 aliphatic heterocycles. The Kier molecular flexibility index (Phi) is 8.02. The summed E-state index contributed by atoms with van der Waals surface area (Å²) in [4.78, 5) is 2.38. The van der Waals surface area contributed by atoms with E-state index in [1.165, 1.54) is 5.69 Å². The fraction of sp³-hybridized carbons (Fsp3) is 0.600. The summed E-state index contributed by atoms with van der Waals surface area (Å²) in [5, 5.41) is 0. The molecule has 0 radical (unpaired) electrons. The lowest BCUT2D eigenvalue weighted by Crippen LogP contribution is -2.27. The maximum atomic E-state index is 5.61. The Morgan fingerprint density at radius 2 is 1.68 bits per heavy atom. The molecule has 0 aliphatic carbocycles. The van der Waals surface area contributed by atoms with Gasteiger partial charge in [-0.1, -0.05) is 0 Å². The fourth-order valence-electron chi connectivity index (χ4n) is 1.99. The SMILES string of the molecule is COCCCCN(CCCN)c1ccc(OC)cc1. The van der Waals surface area contributed by atoms with Gasteiger partial charge in [0.15, 0.2) is 0 Å². The summed E-state index contributed by atoms with van der Waals surface area (Å²) >= 11 is 0. The van der Waals surface area contributed by atoms with Crippen LogP contribution >= 0.6 is 0 Å². The van der Waals surface area contributed by atoms with E-state index in [2.05, 4.69) is 17.0 Å². The Bertz CT molecular complexity index is 327. The average molecular weight is 266 g/mol. The monoisotopic (exact) mass is 266 g/mol. The summed E-state index contributed by atoms with van der Waals surface area (Å²) in [5.41, 5.74) is 6.84. The summed E-state index contributed by atoms with van der Waals surface area (Å²) in [5.74, 6) is 0.891. The van der Waals surface area contributed by atoms with Gasteiger partial charge in [0.25, 0.3) is 0 Å². The highest BCUT2D eigenvalue weighted by Crippen LogP contribution is 2.19. The molecule has 1 aromatic rings. The zero-order valence-electron chi connectivity index (χ0n) is 12.1. The third kappa shape index (κ3) is 5.94. The lowest BCUT2D eigenvalue weighted by atomic mass is 10.2. The normalized spacial score (nSPS) is 10.5. The lowest BCUT2D eigenvalue weighted by Gasteiger charge is -2.25. The van der Waals surface area contributed by atoms with Crippen molar-refractivity contribution in [1.82, 2.24) is 0 Å². The predicted octanol–water partition coefficient (Wildman–Crippen LogP) is 2.28. The second-order valence-electron chi connectivity index (χ2n) is 4.53. The second-order valence-corrected chi connectivity index (χ2v) is 4.53. The molecule has 108 valence electrons. The molecule has 0 aliphatic rings. The van der Waals surface area contributed by atoms with Crippen molar-refractivity contribution in [2.75, 3.05) is 45.4 Å². The van der Waals surface area contributed by atoms with E-state index in [1.807, 2.05) is 12.1 Å². The average Bonchev–Trinajstić information content (AvgIpc) is 2.47. The summed E-state index contributed by atoms with van der Waals surface area (Å²) in [7, 11) is 3.43. The lowest BCUT2D eigenvalue weighted by molar-refractivity contribution is 0.193. The van der Waals surface area contributed by atoms with Crippen molar-refractivity contribution in [3.8, 4) is 5.75 Å². The molecule has 2 N–H and O–H groups in total. The number of nitrogens with two attached hydrogens (primary N) is 1. The van der Waals surface area contributed by atoms with Gasteiger partial charge in [0.1, 0.15) is 5.75 Å². The Balaban J connectivity index is 2.55. The van der Waals surface area contributed by atoms with E-state index in [0.717, 1.165) is 51.3 Å². The second kappa shape index (κ2) is 9.64. The van der Waals surface area contributed by atoms with Crippen LogP contribution in [0.15, 0.2) is 24.3 Å². The largest absolute Gasteiger partial charge is 0.497 e. The van der Waals surface area contributed by atoms with Crippen molar-refractivity contribution >= 4 is 5.69 Å². The third-order valence-electron chi connectivity index (χ3n) is 3.10. The van der Waals surface area contributed by atoms with E-state index >= 15 is 0 Å². The molecule has 0 bridgehead atoms. The zero-order chi connectivity index (χ0) is 13.9. The number of nitrogens with zero attached hydrogens (tertiary/aromatic N) is 1. The molecule has 0 aromatic heterocycles. The maximum absolute atomic E-state index is 5.61. The summed E-state index contributed by atoms with van der Waals surface area (Å²) in [6.07, 6.45) is 3.23. The van der Waals surface area contributed by atoms with Crippen molar-refractivity contribution in [2.45, 2.75) is 19.3 Å². The van der Waals surface area contributed by atoms with E-state index in [1.54, 1.807) is 14.2 Å². The Morgan fingerprint density at radius 1 is 1.00 bits per heavy atom. The molecule has 0 fully saturated rings. The van der Waals surface area contributed by atoms with E-state index in [-0.39, 0.29) is 0 Å². The molecule has 0 unspecified atom stereocenters. The molecule has 0 saturated carbocycles. The van der Waals surface area contributed by atoms with Crippen LogP contribution in [-0.2, 0) is 4.74 Å². The van der Waals surface area contributed by atoms with Gasteiger partial charge in [0.2, 0.25) is 0 Å². The van der Waals surface area contributed by atoms with Gasteiger partial charge in [0.05, 0.1) is 7.11 Å². The van der Waals surface area contributed by atoms with Crippen LogP contribution in [-0.4, -0.2) is 40.5 Å². The minimum Gasteiger partial charge on any atom is -0.497 e. The van der Waals surface area contributed by atoms with Gasteiger partial charge in [-0.3, -0.25) is 0 Å². The van der Waals surface area contributed by atoms with E-state index < -0.39 is 0 Å². The summed E-state index contributed by atoms with van der Waals surface area (Å²) in [6, 6.07) is 8.21. The van der Waals surface area contributed by atoms with Crippen LogP contribution in [0.1, 0.15) is 19.3 Å². The number of anilines is 1. The van der Waals surface area contributed by atoms with Crippen LogP contribution in [0.3, 0.4) is 0 Å². The zero-order valence-corrected chi connectivity index (χ0v) is 12.1. The Labute approximate surface area is 116 Å². The first kappa shape index (κ1) is 15.8. The smallest absolute Gasteiger partial charge is 0.119 e. The summed E-state index contributed by atoms with van der Waals surface area (Å²) in [6.45, 7) is 3.59. The third-order valence-corrected chi connectivity index (χ3v) is 3.10. The van der Waals surface area contributed by atoms with Crippen molar-refractivity contribution in [2.24, 2.45) is 5.73 Å². The van der Waals surface area contributed by atoms with E-state index in [4.69, 9.17) is 15.2 Å². The molecule has 0 spiro atoms. The first-order valence-corrected chi connectivity index (χ1v) is 6.89. The summed E-state index contributed by atoms with van der Waals surface area (Å²) < 4.78 is 10.3. The molecule has 1 rings (SSSR count). The maximum Gasteiger partial charge on any atom is 0.119 e. The number of hydrogen-bond acceptors (Lipinski definition) is 4. The number of rotatable bonds is 10. The molecule has 4 nitrogen and oxygen atoms in total. The van der Waals surface area contributed by atoms with Crippen molar-refractivity contribution < 1.29 is 9.47 Å².